The van der Waals surface area contributed by atoms with E-state index in [9.17, 15) is 9.59 Å². The fourth-order valence-corrected chi connectivity index (χ4v) is 0.489. The van der Waals surface area contributed by atoms with Crippen LogP contribution in [0.4, 0.5) is 0 Å². The second-order valence-electron chi connectivity index (χ2n) is 2.25. The third-order valence-electron chi connectivity index (χ3n) is 1.10. The van der Waals surface area contributed by atoms with Gasteiger partial charge in [-0.2, -0.15) is 0 Å². The zero-order valence-electron chi connectivity index (χ0n) is 6.80. The highest BCUT2D eigenvalue weighted by atomic mass is 16.4. The van der Waals surface area contributed by atoms with Gasteiger partial charge in [0.2, 0.25) is 5.91 Å². The molecule has 4 N–H and O–H groups in total. The Balaban J connectivity index is 3.69. The van der Waals surface area contributed by atoms with Gasteiger partial charge in [0, 0.05) is 18.7 Å². The number of aliphatic hydroxyl groups excluding tert-OH is 2. The molecule has 0 aliphatic rings. The summed E-state index contributed by atoms with van der Waals surface area (Å²) >= 11 is 0. The maximum atomic E-state index is 10.7. The second kappa shape index (κ2) is 6.15. The van der Waals surface area contributed by atoms with Crippen molar-refractivity contribution in [3.8, 4) is 0 Å². The van der Waals surface area contributed by atoms with Crippen LogP contribution in [0.15, 0.2) is 12.2 Å². The van der Waals surface area contributed by atoms with Crippen molar-refractivity contribution in [2.24, 2.45) is 0 Å². The second-order valence-corrected chi connectivity index (χ2v) is 2.25. The number of carbonyl (C=O) groups excluding carboxylic acids is 1. The first kappa shape index (κ1) is 11.6. The van der Waals surface area contributed by atoms with Gasteiger partial charge in [0.25, 0.3) is 0 Å². The van der Waals surface area contributed by atoms with Crippen LogP contribution in [0.25, 0.3) is 0 Å². The molecule has 1 unspecified atom stereocenters. The van der Waals surface area contributed by atoms with Gasteiger partial charge in [-0.3, -0.25) is 4.79 Å². The van der Waals surface area contributed by atoms with Crippen LogP contribution in [0.2, 0.25) is 0 Å². The number of hydrogen-bond acceptors (Lipinski definition) is 4. The zero-order valence-corrected chi connectivity index (χ0v) is 6.80. The molecule has 1 atom stereocenters. The third kappa shape index (κ3) is 6.98. The lowest BCUT2D eigenvalue weighted by Crippen LogP contribution is -2.32. The summed E-state index contributed by atoms with van der Waals surface area (Å²) in [5.74, 6) is -1.85. The molecule has 0 aromatic heterocycles. The SMILES string of the molecule is O=C(O)C=CC(=O)NCC(O)CO. The highest BCUT2D eigenvalue weighted by molar-refractivity contribution is 5.93. The minimum absolute atomic E-state index is 0.112. The first-order valence-corrected chi connectivity index (χ1v) is 3.54. The predicted molar refractivity (Wildman–Crippen MR) is 42.9 cm³/mol. The number of aliphatic hydroxyl groups is 2. The minimum atomic E-state index is -1.22. The van der Waals surface area contributed by atoms with Gasteiger partial charge in [-0.05, 0) is 0 Å². The first-order valence-electron chi connectivity index (χ1n) is 3.54. The van der Waals surface area contributed by atoms with Gasteiger partial charge in [0.05, 0.1) is 12.7 Å². The molecule has 0 rings (SSSR count). The standard InChI is InChI=1S/C7H11NO5/c9-4-5(10)3-8-6(11)1-2-7(12)13/h1-2,5,9-10H,3-4H2,(H,8,11)(H,12,13). The normalized spacial score (nSPS) is 12.8. The summed E-state index contributed by atoms with van der Waals surface area (Å²) in [4.78, 5) is 20.7. The van der Waals surface area contributed by atoms with Crippen molar-refractivity contribution in [3.05, 3.63) is 12.2 Å². The summed E-state index contributed by atoms with van der Waals surface area (Å²) in [5.41, 5.74) is 0. The molecule has 0 bridgehead atoms. The fourth-order valence-electron chi connectivity index (χ4n) is 0.489. The Bertz CT molecular complexity index is 213. The Kier molecular flexibility index (Phi) is 5.49. The van der Waals surface area contributed by atoms with Crippen molar-refractivity contribution in [1.82, 2.24) is 5.32 Å². The Morgan fingerprint density at radius 1 is 1.38 bits per heavy atom. The van der Waals surface area contributed by atoms with Crippen LogP contribution >= 0.6 is 0 Å². The highest BCUT2D eigenvalue weighted by Gasteiger charge is 2.02. The van der Waals surface area contributed by atoms with Crippen LogP contribution in [0.1, 0.15) is 0 Å². The van der Waals surface area contributed by atoms with Crippen LogP contribution in [-0.4, -0.2) is 46.5 Å². The Hall–Kier alpha value is -1.40. The molecule has 1 amide bonds. The quantitative estimate of drug-likeness (QED) is 0.378. The molecule has 0 heterocycles. The lowest BCUT2D eigenvalue weighted by Gasteiger charge is -2.06. The topological polar surface area (TPSA) is 107 Å². The van der Waals surface area contributed by atoms with Crippen molar-refractivity contribution < 1.29 is 24.9 Å². The summed E-state index contributed by atoms with van der Waals surface area (Å²) in [6.45, 7) is -0.567. The number of carboxylic acid groups (broad SMARTS) is 1. The van der Waals surface area contributed by atoms with E-state index in [0.29, 0.717) is 6.08 Å². The van der Waals surface area contributed by atoms with Crippen LogP contribution in [-0.2, 0) is 9.59 Å². The van der Waals surface area contributed by atoms with Crippen LogP contribution < -0.4 is 5.32 Å². The number of nitrogens with one attached hydrogen (secondary N) is 1. The first-order chi connectivity index (χ1) is 6.06. The van der Waals surface area contributed by atoms with Gasteiger partial charge in [-0.15, -0.1) is 0 Å². The summed E-state index contributed by atoms with van der Waals surface area (Å²) in [6.07, 6.45) is 0.481. The molecule has 0 saturated carbocycles. The molecule has 74 valence electrons. The molecule has 0 radical (unpaired) electrons. The Morgan fingerprint density at radius 2 is 2.00 bits per heavy atom. The molecule has 0 aromatic rings. The number of rotatable bonds is 5. The lowest BCUT2D eigenvalue weighted by molar-refractivity contribution is -0.131. The molecule has 0 aliphatic heterocycles. The Labute approximate surface area is 74.5 Å². The van der Waals surface area contributed by atoms with Crippen molar-refractivity contribution in [3.63, 3.8) is 0 Å². The van der Waals surface area contributed by atoms with Crippen LogP contribution in [0.3, 0.4) is 0 Å². The van der Waals surface area contributed by atoms with E-state index >= 15 is 0 Å². The van der Waals surface area contributed by atoms with Crippen LogP contribution in [0, 0.1) is 0 Å². The third-order valence-corrected chi connectivity index (χ3v) is 1.10. The Morgan fingerprint density at radius 3 is 2.46 bits per heavy atom. The molecule has 6 nitrogen and oxygen atoms in total. The van der Waals surface area contributed by atoms with E-state index in [1.54, 1.807) is 0 Å². The molecule has 0 saturated heterocycles. The monoisotopic (exact) mass is 189 g/mol. The molecule has 0 aromatic carbocycles. The number of hydrogen-bond donors (Lipinski definition) is 4. The van der Waals surface area contributed by atoms with E-state index < -0.39 is 24.6 Å². The average Bonchev–Trinajstić information content (AvgIpc) is 2.10. The number of aliphatic carboxylic acids is 1. The van der Waals surface area contributed by atoms with Crippen molar-refractivity contribution in [1.29, 1.82) is 0 Å². The molecular weight excluding hydrogens is 178 g/mol. The van der Waals surface area contributed by atoms with Crippen molar-refractivity contribution in [2.45, 2.75) is 6.10 Å². The molecule has 13 heavy (non-hydrogen) atoms. The van der Waals surface area contributed by atoms with Gasteiger partial charge < -0.3 is 20.6 Å². The van der Waals surface area contributed by atoms with Gasteiger partial charge >= 0.3 is 5.97 Å². The van der Waals surface area contributed by atoms with E-state index in [1.807, 2.05) is 0 Å². The van der Waals surface area contributed by atoms with Gasteiger partial charge in [0.15, 0.2) is 0 Å². The molecule has 0 fully saturated rings. The summed E-state index contributed by atoms with van der Waals surface area (Å²) < 4.78 is 0. The zero-order chi connectivity index (χ0) is 10.3. The summed E-state index contributed by atoms with van der Waals surface area (Å²) in [5, 5.41) is 27.5. The van der Waals surface area contributed by atoms with E-state index in [1.165, 1.54) is 0 Å². The minimum Gasteiger partial charge on any atom is -0.478 e. The largest absolute Gasteiger partial charge is 0.478 e. The number of carbonyl (C=O) groups is 2. The summed E-state index contributed by atoms with van der Waals surface area (Å²) in [6, 6.07) is 0. The van der Waals surface area contributed by atoms with Gasteiger partial charge in [-0.1, -0.05) is 0 Å². The molecule has 6 heteroatoms. The van der Waals surface area contributed by atoms with E-state index in [-0.39, 0.29) is 6.54 Å². The van der Waals surface area contributed by atoms with Crippen molar-refractivity contribution in [2.75, 3.05) is 13.2 Å². The predicted octanol–water partition coefficient (Wildman–Crippen LogP) is -1.90. The molecule has 0 spiro atoms. The lowest BCUT2D eigenvalue weighted by atomic mass is 10.3. The van der Waals surface area contributed by atoms with E-state index in [2.05, 4.69) is 5.32 Å². The molecule has 0 aliphatic carbocycles. The average molecular weight is 189 g/mol. The number of carboxylic acids is 1. The highest BCUT2D eigenvalue weighted by Crippen LogP contribution is 1.78. The van der Waals surface area contributed by atoms with Crippen LogP contribution in [0.5, 0.6) is 0 Å². The van der Waals surface area contributed by atoms with E-state index in [0.717, 1.165) is 6.08 Å². The maximum absolute atomic E-state index is 10.7. The van der Waals surface area contributed by atoms with E-state index in [4.69, 9.17) is 15.3 Å². The van der Waals surface area contributed by atoms with Gasteiger partial charge in [0.1, 0.15) is 0 Å². The maximum Gasteiger partial charge on any atom is 0.328 e. The molecular formula is C7H11NO5. The van der Waals surface area contributed by atoms with Crippen molar-refractivity contribution >= 4 is 11.9 Å². The number of amides is 1. The smallest absolute Gasteiger partial charge is 0.328 e. The summed E-state index contributed by atoms with van der Waals surface area (Å²) in [7, 11) is 0. The fraction of sp³-hybridized carbons (Fsp3) is 0.429. The van der Waals surface area contributed by atoms with Gasteiger partial charge in [-0.25, -0.2) is 4.79 Å².